The van der Waals surface area contributed by atoms with Crippen LogP contribution in [0, 0.1) is 20.2 Å². The molecule has 0 spiro atoms. The summed E-state index contributed by atoms with van der Waals surface area (Å²) in [7, 11) is -1.80. The lowest BCUT2D eigenvalue weighted by molar-refractivity contribution is -0.384. The SMILES string of the molecule is Brc1cccc2c1-c1ccccc1C2.Clc1ccc2ccccc2c1-n1c2ccccc2c2c3c(ccc21)[nH]c1ccccc13.Clc1ccc2ccccc2c1Br.Clc1ccccc1-n1c2ccccc2c2c(Br)cccc21.O=[N+]([O-])c1ccccc1-c1cccc2c1c1ccccc1n2-c1c(Cl)ccc2ccccc12.O=[N+]([O-])c1ccccc1B(O)O. The van der Waals surface area contributed by atoms with Crippen LogP contribution in [0.1, 0.15) is 11.1 Å². The van der Waals surface area contributed by atoms with Gasteiger partial charge in [-0.2, -0.15) is 0 Å². The van der Waals surface area contributed by atoms with Gasteiger partial charge in [-0.3, -0.25) is 20.2 Å². The molecule has 1 aliphatic carbocycles. The molecule has 0 amide bonds. The molecule has 12 nitrogen and oxygen atoms in total. The minimum atomic E-state index is -1.80. The summed E-state index contributed by atoms with van der Waals surface area (Å²) in [5, 5.41) is 58.7. The van der Waals surface area contributed by atoms with Gasteiger partial charge in [0.25, 0.3) is 11.4 Å². The average molecular weight is 1880 g/mol. The van der Waals surface area contributed by atoms with Crippen molar-refractivity contribution >= 4 is 238 Å². The van der Waals surface area contributed by atoms with Gasteiger partial charge in [0, 0.05) is 90.4 Å². The lowest BCUT2D eigenvalue weighted by atomic mass is 9.79. The molecule has 1 aliphatic rings. The lowest BCUT2D eigenvalue weighted by Crippen LogP contribution is -2.31. The number of hydrogen-bond acceptors (Lipinski definition) is 6. The Kier molecular flexibility index (Phi) is 23.2. The number of nitro groups is 2. The summed E-state index contributed by atoms with van der Waals surface area (Å²) >= 11 is 36.8. The molecule has 0 radical (unpaired) electrons. The number of nitro benzene ring substituents is 2. The van der Waals surface area contributed by atoms with Crippen LogP contribution in [0.3, 0.4) is 0 Å². The number of H-pyrrole nitrogens is 1. The van der Waals surface area contributed by atoms with Crippen molar-refractivity contribution in [3.63, 3.8) is 0 Å². The second-order valence-electron chi connectivity index (χ2n) is 29.3. The zero-order valence-corrected chi connectivity index (χ0v) is 72.7. The Hall–Kier alpha value is -12.7. The number of fused-ring (bicyclic) bond motifs is 19. The summed E-state index contributed by atoms with van der Waals surface area (Å²) in [6.07, 6.45) is 1.07. The van der Waals surface area contributed by atoms with E-state index in [1.165, 1.54) is 94.1 Å². The van der Waals surface area contributed by atoms with Crippen molar-refractivity contribution < 1.29 is 19.9 Å². The predicted molar refractivity (Wildman–Crippen MR) is 524 cm³/mol. The van der Waals surface area contributed by atoms with Crippen LogP contribution in [0.2, 0.25) is 20.1 Å². The second kappa shape index (κ2) is 35.0. The van der Waals surface area contributed by atoms with Crippen LogP contribution >= 0.6 is 94.2 Å². The molecule has 123 heavy (non-hydrogen) atoms. The zero-order chi connectivity index (χ0) is 84.7. The molecule has 3 N–H and O–H groups in total. The lowest BCUT2D eigenvalue weighted by Gasteiger charge is -2.14. The highest BCUT2D eigenvalue weighted by Gasteiger charge is 2.27. The number of hydrogen-bond donors (Lipinski definition) is 3. The molecule has 20 heteroatoms. The standard InChI is InChI=1S/C28H17ClN2O2.C28H17ClN2.C18H11BrClN.C13H9Br.C10H6BrCl.C6H6BNO4/c29-23-17-16-18-8-1-2-9-19(18)28(23)30-24-13-5-4-11-22(24)27-21(12-7-15-26(27)30)20-10-3-6-14-25(20)31(32)33;29-21-14-13-17-7-1-2-8-18(17)28(21)31-24-12-6-4-10-20(24)27-25(31)16-15-23-26(27)19-9-3-5-11-22(19)30-23;19-13-7-5-11-17-18(13)12-6-1-3-9-15(12)21(17)16-10-4-2-8-14(16)20;14-12-7-3-5-10-8-9-4-1-2-6-11(9)13(10)12;11-10-8-4-2-1-3-7(8)5-6-9(10)12;9-7(10)5-3-1-2-4-6(5)8(11)12/h1-17H;1-16,30H;1-11H;1-7H,8H2;1-6H;1-4,9-10H. The Morgan fingerprint density at radius 3 is 1.37 bits per heavy atom. The van der Waals surface area contributed by atoms with Crippen molar-refractivity contribution in [3.05, 3.63) is 435 Å². The van der Waals surface area contributed by atoms with E-state index in [4.69, 9.17) is 56.5 Å². The quantitative estimate of drug-likeness (QED) is 0.0819. The maximum atomic E-state index is 11.8. The molecular weight excluding hydrogens is 1810 g/mol. The molecule has 4 heterocycles. The Bertz CT molecular complexity index is 7950. The molecule has 0 unspecified atom stereocenters. The van der Waals surface area contributed by atoms with Gasteiger partial charge >= 0.3 is 7.12 Å². The second-order valence-corrected chi connectivity index (χ2v) is 33.4. The van der Waals surface area contributed by atoms with Crippen LogP contribution in [0.4, 0.5) is 11.4 Å². The first kappa shape index (κ1) is 81.3. The highest BCUT2D eigenvalue weighted by molar-refractivity contribution is 9.11. The number of halogens is 7. The molecule has 0 saturated heterocycles. The molecule has 0 atom stereocenters. The molecule has 4 aromatic heterocycles. The molecule has 22 aromatic rings. The Labute approximate surface area is 750 Å². The third-order valence-electron chi connectivity index (χ3n) is 22.3. The molecule has 0 aliphatic heterocycles. The summed E-state index contributed by atoms with van der Waals surface area (Å²) < 4.78 is 10.0. The Morgan fingerprint density at radius 2 is 0.748 bits per heavy atom. The van der Waals surface area contributed by atoms with Crippen molar-refractivity contribution in [3.8, 4) is 39.3 Å². The Balaban J connectivity index is 0.000000105. The Morgan fingerprint density at radius 1 is 0.317 bits per heavy atom. The third-order valence-corrected chi connectivity index (χ3v) is 25.9. The molecule has 0 fully saturated rings. The summed E-state index contributed by atoms with van der Waals surface area (Å²) in [4.78, 5) is 24.7. The van der Waals surface area contributed by atoms with Crippen molar-refractivity contribution in [2.75, 3.05) is 0 Å². The van der Waals surface area contributed by atoms with Crippen molar-refractivity contribution in [2.24, 2.45) is 0 Å². The summed E-state index contributed by atoms with van der Waals surface area (Å²) in [5.74, 6) is 0. The fourth-order valence-corrected chi connectivity index (χ4v) is 19.6. The zero-order valence-electron chi connectivity index (χ0n) is 64.9. The first-order valence-electron chi connectivity index (χ1n) is 39.3. The van der Waals surface area contributed by atoms with Crippen LogP contribution in [0.5, 0.6) is 0 Å². The van der Waals surface area contributed by atoms with E-state index in [2.05, 4.69) is 279 Å². The molecule has 0 saturated carbocycles. The van der Waals surface area contributed by atoms with Gasteiger partial charge in [-0.05, 0) is 169 Å². The van der Waals surface area contributed by atoms with Crippen LogP contribution < -0.4 is 5.46 Å². The monoisotopic (exact) mass is 1870 g/mol. The summed E-state index contributed by atoms with van der Waals surface area (Å²) in [6, 6.07) is 122. The van der Waals surface area contributed by atoms with Gasteiger partial charge in [0.15, 0.2) is 0 Å². The van der Waals surface area contributed by atoms with E-state index < -0.39 is 12.0 Å². The van der Waals surface area contributed by atoms with Crippen LogP contribution in [0.25, 0.3) is 159 Å². The summed E-state index contributed by atoms with van der Waals surface area (Å²) in [5.41, 5.74) is 18.6. The van der Waals surface area contributed by atoms with Gasteiger partial charge in [0.1, 0.15) is 0 Å². The minimum Gasteiger partial charge on any atom is -0.423 e. The first-order chi connectivity index (χ1) is 60.0. The molecular formula is C103H66BBr3Cl4N6O6. The van der Waals surface area contributed by atoms with E-state index in [1.807, 2.05) is 121 Å². The van der Waals surface area contributed by atoms with Crippen LogP contribution in [0.15, 0.2) is 383 Å². The maximum absolute atomic E-state index is 11.8. The highest BCUT2D eigenvalue weighted by atomic mass is 79.9. The normalized spacial score (nSPS) is 11.4. The van der Waals surface area contributed by atoms with E-state index in [0.29, 0.717) is 10.6 Å². The third kappa shape index (κ3) is 15.4. The van der Waals surface area contributed by atoms with Gasteiger partial charge in [0.05, 0.1) is 91.1 Å². The fourth-order valence-electron chi connectivity index (χ4n) is 17.0. The van der Waals surface area contributed by atoms with E-state index in [1.54, 1.807) is 12.1 Å². The largest absolute Gasteiger partial charge is 0.495 e. The number of rotatable bonds is 7. The van der Waals surface area contributed by atoms with E-state index in [0.717, 1.165) is 130 Å². The summed E-state index contributed by atoms with van der Waals surface area (Å²) in [6.45, 7) is 0. The van der Waals surface area contributed by atoms with E-state index >= 15 is 0 Å². The van der Waals surface area contributed by atoms with Gasteiger partial charge in [-0.25, -0.2) is 0 Å². The topological polar surface area (TPSA) is 157 Å². The number of aromatic nitrogens is 4. The van der Waals surface area contributed by atoms with Crippen molar-refractivity contribution in [2.45, 2.75) is 6.42 Å². The predicted octanol–water partition coefficient (Wildman–Crippen LogP) is 30.1. The minimum absolute atomic E-state index is 0.0880. The molecule has 18 aromatic carbocycles. The number of nitrogens with zero attached hydrogens (tertiary/aromatic N) is 5. The first-order valence-corrected chi connectivity index (χ1v) is 43.1. The van der Waals surface area contributed by atoms with Gasteiger partial charge in [-0.15, -0.1) is 0 Å². The van der Waals surface area contributed by atoms with Crippen molar-refractivity contribution in [1.29, 1.82) is 0 Å². The highest BCUT2D eigenvalue weighted by Crippen LogP contribution is 2.47. The molecule has 23 rings (SSSR count). The van der Waals surface area contributed by atoms with Crippen molar-refractivity contribution in [1.82, 2.24) is 18.7 Å². The molecule has 596 valence electrons. The smallest absolute Gasteiger partial charge is 0.423 e. The van der Waals surface area contributed by atoms with Gasteiger partial charge in [0.2, 0.25) is 0 Å². The van der Waals surface area contributed by atoms with E-state index in [-0.39, 0.29) is 21.8 Å². The number of benzene rings is 18. The number of nitrogens with one attached hydrogen (secondary N) is 1. The van der Waals surface area contributed by atoms with Gasteiger partial charge < -0.3 is 28.7 Å². The van der Waals surface area contributed by atoms with E-state index in [9.17, 15) is 20.2 Å². The average Bonchev–Trinajstić information content (AvgIpc) is 1.57. The molecule has 0 bridgehead atoms. The number of para-hydroxylation sites is 7. The van der Waals surface area contributed by atoms with Crippen LogP contribution in [-0.4, -0.2) is 45.7 Å². The number of aromatic amines is 1. The van der Waals surface area contributed by atoms with Crippen LogP contribution in [-0.2, 0) is 6.42 Å². The fraction of sp³-hybridized carbons (Fsp3) is 0.00971. The maximum Gasteiger partial charge on any atom is 0.495 e. The van der Waals surface area contributed by atoms with Gasteiger partial charge in [-0.1, -0.05) is 339 Å².